The maximum absolute atomic E-state index is 5.23. The summed E-state index contributed by atoms with van der Waals surface area (Å²) in [5, 5.41) is 0.163. The van der Waals surface area contributed by atoms with Gasteiger partial charge in [-0.1, -0.05) is 11.6 Å². The van der Waals surface area contributed by atoms with E-state index in [1.165, 1.54) is 0 Å². The number of nitrogens with zero attached hydrogens (tertiary/aromatic N) is 1. The molecule has 0 atom stereocenters. The Morgan fingerprint density at radius 2 is 2.45 bits per heavy atom. The third-order valence-corrected chi connectivity index (χ3v) is 1.35. The van der Waals surface area contributed by atoms with E-state index >= 15 is 0 Å². The number of hydrogen-bond acceptors (Lipinski definition) is 1. The zero-order valence-corrected chi connectivity index (χ0v) is 6.90. The van der Waals surface area contributed by atoms with Crippen LogP contribution in [0, 0.1) is 6.92 Å². The van der Waals surface area contributed by atoms with Crippen molar-refractivity contribution >= 4 is 23.0 Å². The zero-order chi connectivity index (χ0) is 8.27. The third kappa shape index (κ3) is 2.63. The molecule has 2 nitrogen and oxygen atoms in total. The molecular formula is C8H9N2S. The number of aliphatic imine (C=N–C) groups is 1. The molecule has 0 aromatic rings. The molecule has 0 amide bonds. The van der Waals surface area contributed by atoms with Crippen LogP contribution >= 0.6 is 12.2 Å². The second-order valence-corrected chi connectivity index (χ2v) is 2.70. The highest BCUT2D eigenvalue weighted by molar-refractivity contribution is 7.80. The molecule has 11 heavy (non-hydrogen) atoms. The van der Waals surface area contributed by atoms with Gasteiger partial charge < -0.3 is 5.73 Å². The molecular weight excluding hydrogens is 156 g/mol. The monoisotopic (exact) mass is 165 g/mol. The van der Waals surface area contributed by atoms with Crippen LogP contribution in [-0.2, 0) is 0 Å². The van der Waals surface area contributed by atoms with Crippen molar-refractivity contribution in [3.05, 3.63) is 30.7 Å². The molecule has 1 aliphatic carbocycles. The standard InChI is InChI=1S/C8H9N2S/c1-6-3-2-4-7(5-6)10-8(9)11/h2,4-5H,1,3H2,(H2,9,11)/b10-7-. The van der Waals surface area contributed by atoms with Gasteiger partial charge in [-0.05, 0) is 37.7 Å². The Morgan fingerprint density at radius 3 is 3.00 bits per heavy atom. The summed E-state index contributed by atoms with van der Waals surface area (Å²) in [5.41, 5.74) is 7.05. The van der Waals surface area contributed by atoms with E-state index in [9.17, 15) is 0 Å². The van der Waals surface area contributed by atoms with Crippen LogP contribution in [0.3, 0.4) is 0 Å². The minimum Gasteiger partial charge on any atom is -0.374 e. The average Bonchev–Trinajstić information content (AvgIpc) is 1.85. The first kappa shape index (κ1) is 8.14. The summed E-state index contributed by atoms with van der Waals surface area (Å²) in [4.78, 5) is 3.91. The van der Waals surface area contributed by atoms with Crippen molar-refractivity contribution in [2.45, 2.75) is 6.42 Å². The van der Waals surface area contributed by atoms with Crippen molar-refractivity contribution in [1.82, 2.24) is 0 Å². The van der Waals surface area contributed by atoms with Gasteiger partial charge >= 0.3 is 0 Å². The molecule has 0 bridgehead atoms. The summed E-state index contributed by atoms with van der Waals surface area (Å²) in [6.07, 6.45) is 6.63. The van der Waals surface area contributed by atoms with Gasteiger partial charge in [0, 0.05) is 0 Å². The molecule has 57 valence electrons. The fourth-order valence-electron chi connectivity index (χ4n) is 0.844. The van der Waals surface area contributed by atoms with Gasteiger partial charge in [-0.25, -0.2) is 4.99 Å². The van der Waals surface area contributed by atoms with Crippen LogP contribution < -0.4 is 5.73 Å². The molecule has 0 fully saturated rings. The van der Waals surface area contributed by atoms with Crippen LogP contribution in [0.5, 0.6) is 0 Å². The fourth-order valence-corrected chi connectivity index (χ4v) is 0.949. The average molecular weight is 165 g/mol. The van der Waals surface area contributed by atoms with Gasteiger partial charge in [0.15, 0.2) is 5.11 Å². The smallest absolute Gasteiger partial charge is 0.190 e. The lowest BCUT2D eigenvalue weighted by Crippen LogP contribution is -2.07. The van der Waals surface area contributed by atoms with Crippen molar-refractivity contribution < 1.29 is 0 Å². The lowest BCUT2D eigenvalue weighted by atomic mass is 10.1. The molecule has 0 aromatic carbocycles. The molecule has 0 saturated carbocycles. The van der Waals surface area contributed by atoms with Gasteiger partial charge in [0.05, 0.1) is 5.71 Å². The highest BCUT2D eigenvalue weighted by Crippen LogP contribution is 2.07. The summed E-state index contributed by atoms with van der Waals surface area (Å²) >= 11 is 4.62. The molecule has 3 heteroatoms. The Kier molecular flexibility index (Phi) is 2.54. The first-order chi connectivity index (χ1) is 5.18. The van der Waals surface area contributed by atoms with Crippen molar-refractivity contribution in [3.8, 4) is 0 Å². The van der Waals surface area contributed by atoms with E-state index in [-0.39, 0.29) is 5.11 Å². The Hall–Kier alpha value is -0.960. The molecule has 1 radical (unpaired) electrons. The van der Waals surface area contributed by atoms with Crippen LogP contribution in [0.2, 0.25) is 0 Å². The van der Waals surface area contributed by atoms with Gasteiger partial charge in [-0.15, -0.1) is 0 Å². The quantitative estimate of drug-likeness (QED) is 0.551. The number of thiocarbonyl (C=S) groups is 1. The third-order valence-electron chi connectivity index (χ3n) is 1.26. The first-order valence-corrected chi connectivity index (χ1v) is 3.66. The molecule has 0 aromatic heterocycles. The van der Waals surface area contributed by atoms with Crippen LogP contribution in [0.1, 0.15) is 6.42 Å². The predicted molar refractivity (Wildman–Crippen MR) is 51.4 cm³/mol. The molecule has 0 aliphatic heterocycles. The summed E-state index contributed by atoms with van der Waals surface area (Å²) in [7, 11) is 0. The maximum atomic E-state index is 5.23. The molecule has 1 rings (SSSR count). The predicted octanol–water partition coefficient (Wildman–Crippen LogP) is 1.39. The van der Waals surface area contributed by atoms with Crippen LogP contribution in [0.15, 0.2) is 28.8 Å². The van der Waals surface area contributed by atoms with Crippen LogP contribution in [0.4, 0.5) is 0 Å². The van der Waals surface area contributed by atoms with Crippen molar-refractivity contribution in [2.75, 3.05) is 0 Å². The minimum atomic E-state index is 0.163. The Morgan fingerprint density at radius 1 is 1.73 bits per heavy atom. The number of rotatable bonds is 0. The van der Waals surface area contributed by atoms with E-state index in [2.05, 4.69) is 24.1 Å². The van der Waals surface area contributed by atoms with E-state index in [0.717, 1.165) is 17.7 Å². The number of allylic oxidation sites excluding steroid dienone is 4. The summed E-state index contributed by atoms with van der Waals surface area (Å²) in [6.45, 7) is 3.80. The van der Waals surface area contributed by atoms with E-state index in [1.807, 2.05) is 18.2 Å². The van der Waals surface area contributed by atoms with Gasteiger partial charge in [0.1, 0.15) is 0 Å². The second-order valence-electron chi connectivity index (χ2n) is 2.28. The highest BCUT2D eigenvalue weighted by Gasteiger charge is 1.97. The van der Waals surface area contributed by atoms with Gasteiger partial charge in [-0.3, -0.25) is 0 Å². The Balaban J connectivity index is 2.81. The highest BCUT2D eigenvalue weighted by atomic mass is 32.1. The molecule has 0 saturated heterocycles. The fraction of sp³-hybridized carbons (Fsp3) is 0.125. The first-order valence-electron chi connectivity index (χ1n) is 3.25. The van der Waals surface area contributed by atoms with Crippen molar-refractivity contribution in [2.24, 2.45) is 10.7 Å². The summed E-state index contributed by atoms with van der Waals surface area (Å²) < 4.78 is 0. The molecule has 1 aliphatic rings. The Labute approximate surface area is 71.5 Å². The lowest BCUT2D eigenvalue weighted by Gasteiger charge is -2.02. The zero-order valence-electron chi connectivity index (χ0n) is 6.08. The largest absolute Gasteiger partial charge is 0.374 e. The summed E-state index contributed by atoms with van der Waals surface area (Å²) in [5.74, 6) is 0. The minimum absolute atomic E-state index is 0.163. The SMILES string of the molecule is [CH2]C1=C/C(=N\C(N)=S)C=CC1. The molecule has 0 unspecified atom stereocenters. The number of nitrogens with two attached hydrogens (primary N) is 1. The lowest BCUT2D eigenvalue weighted by molar-refractivity contribution is 1.28. The number of hydrogen-bond donors (Lipinski definition) is 1. The van der Waals surface area contributed by atoms with E-state index in [1.54, 1.807) is 0 Å². The Bertz CT molecular complexity index is 261. The van der Waals surface area contributed by atoms with E-state index in [0.29, 0.717) is 0 Å². The van der Waals surface area contributed by atoms with E-state index < -0.39 is 0 Å². The van der Waals surface area contributed by atoms with Crippen LogP contribution in [-0.4, -0.2) is 10.8 Å². The van der Waals surface area contributed by atoms with Gasteiger partial charge in [0.25, 0.3) is 0 Å². The topological polar surface area (TPSA) is 38.4 Å². The maximum Gasteiger partial charge on any atom is 0.190 e. The normalized spacial score (nSPS) is 20.1. The molecule has 2 N–H and O–H groups in total. The van der Waals surface area contributed by atoms with Crippen LogP contribution in [0.25, 0.3) is 0 Å². The van der Waals surface area contributed by atoms with E-state index in [4.69, 9.17) is 5.73 Å². The summed E-state index contributed by atoms with van der Waals surface area (Å²) in [6, 6.07) is 0. The van der Waals surface area contributed by atoms with Crippen molar-refractivity contribution in [1.29, 1.82) is 0 Å². The van der Waals surface area contributed by atoms with Crippen molar-refractivity contribution in [3.63, 3.8) is 0 Å². The molecule has 0 spiro atoms. The molecule has 0 heterocycles. The van der Waals surface area contributed by atoms with Gasteiger partial charge in [-0.2, -0.15) is 0 Å². The van der Waals surface area contributed by atoms with Gasteiger partial charge in [0.2, 0.25) is 0 Å². The second kappa shape index (κ2) is 3.44.